The number of para-hydroxylation sites is 1. The average molecular weight is 405 g/mol. The highest BCUT2D eigenvalue weighted by molar-refractivity contribution is 7.89. The van der Waals surface area contributed by atoms with E-state index in [9.17, 15) is 13.2 Å². The monoisotopic (exact) mass is 404 g/mol. The van der Waals surface area contributed by atoms with E-state index in [-0.39, 0.29) is 16.9 Å². The van der Waals surface area contributed by atoms with Gasteiger partial charge in [-0.2, -0.15) is 5.10 Å². The van der Waals surface area contributed by atoms with Gasteiger partial charge in [0.2, 0.25) is 10.0 Å². The molecule has 8 heteroatoms. The Bertz CT molecular complexity index is 967. The van der Waals surface area contributed by atoms with E-state index in [2.05, 4.69) is 5.10 Å². The van der Waals surface area contributed by atoms with Crippen molar-refractivity contribution in [3.05, 3.63) is 46.6 Å². The summed E-state index contributed by atoms with van der Waals surface area (Å²) in [5, 5.41) is 4.27. The SMILES string of the molecule is Cn1nc(C2CCN(S(=O)(=O)C3CCCCC3)CC2)n(-c2ccccc2)c1=O. The molecule has 0 unspecified atom stereocenters. The van der Waals surface area contributed by atoms with Crippen molar-refractivity contribution in [3.63, 3.8) is 0 Å². The van der Waals surface area contributed by atoms with Crippen LogP contribution in [0.5, 0.6) is 0 Å². The summed E-state index contributed by atoms with van der Waals surface area (Å²) in [7, 11) is -1.56. The minimum atomic E-state index is -3.22. The van der Waals surface area contributed by atoms with Gasteiger partial charge >= 0.3 is 5.69 Å². The van der Waals surface area contributed by atoms with Gasteiger partial charge in [-0.3, -0.25) is 0 Å². The number of hydrogen-bond donors (Lipinski definition) is 0. The number of nitrogens with zero attached hydrogens (tertiary/aromatic N) is 4. The summed E-state index contributed by atoms with van der Waals surface area (Å²) in [5.41, 5.74) is 0.631. The van der Waals surface area contributed by atoms with E-state index in [1.54, 1.807) is 15.9 Å². The molecule has 0 radical (unpaired) electrons. The third kappa shape index (κ3) is 3.55. The van der Waals surface area contributed by atoms with Gasteiger partial charge < -0.3 is 0 Å². The summed E-state index contributed by atoms with van der Waals surface area (Å²) in [6, 6.07) is 9.51. The van der Waals surface area contributed by atoms with Crippen molar-refractivity contribution in [1.29, 1.82) is 0 Å². The van der Waals surface area contributed by atoms with Crippen LogP contribution in [0, 0.1) is 0 Å². The van der Waals surface area contributed by atoms with Gasteiger partial charge in [-0.05, 0) is 37.8 Å². The Morgan fingerprint density at radius 3 is 2.25 bits per heavy atom. The van der Waals surface area contributed by atoms with Gasteiger partial charge in [0.05, 0.1) is 10.9 Å². The first-order chi connectivity index (χ1) is 13.5. The first kappa shape index (κ1) is 19.4. The molecule has 1 aromatic carbocycles. The number of hydrogen-bond acceptors (Lipinski definition) is 4. The lowest BCUT2D eigenvalue weighted by Gasteiger charge is -2.34. The number of rotatable bonds is 4. The lowest BCUT2D eigenvalue weighted by atomic mass is 9.97. The Hall–Kier alpha value is -1.93. The fraction of sp³-hybridized carbons (Fsp3) is 0.600. The van der Waals surface area contributed by atoms with Crippen LogP contribution in [0.3, 0.4) is 0 Å². The Labute approximate surface area is 166 Å². The van der Waals surface area contributed by atoms with Crippen LogP contribution in [0.1, 0.15) is 56.7 Å². The van der Waals surface area contributed by atoms with Crippen molar-refractivity contribution < 1.29 is 8.42 Å². The molecule has 1 aliphatic carbocycles. The number of aryl methyl sites for hydroxylation is 1. The third-order valence-corrected chi connectivity index (χ3v) is 8.52. The van der Waals surface area contributed by atoms with Crippen molar-refractivity contribution in [2.45, 2.75) is 56.1 Å². The fourth-order valence-corrected chi connectivity index (χ4v) is 6.58. The van der Waals surface area contributed by atoms with E-state index in [0.717, 1.165) is 43.6 Å². The van der Waals surface area contributed by atoms with E-state index >= 15 is 0 Å². The summed E-state index contributed by atoms with van der Waals surface area (Å²) in [6.07, 6.45) is 6.12. The molecular weight excluding hydrogens is 376 g/mol. The molecule has 1 aromatic heterocycles. The second-order valence-corrected chi connectivity index (χ2v) is 10.1. The zero-order valence-corrected chi connectivity index (χ0v) is 17.1. The Morgan fingerprint density at radius 1 is 0.964 bits per heavy atom. The largest absolute Gasteiger partial charge is 0.350 e. The van der Waals surface area contributed by atoms with Crippen molar-refractivity contribution >= 4 is 10.0 Å². The lowest BCUT2D eigenvalue weighted by Crippen LogP contribution is -2.44. The maximum absolute atomic E-state index is 13.0. The number of sulfonamides is 1. The molecule has 1 saturated heterocycles. The van der Waals surface area contributed by atoms with E-state index in [1.165, 1.54) is 4.68 Å². The van der Waals surface area contributed by atoms with E-state index in [4.69, 9.17) is 0 Å². The van der Waals surface area contributed by atoms with Crippen molar-refractivity contribution in [1.82, 2.24) is 18.7 Å². The molecule has 0 N–H and O–H groups in total. The van der Waals surface area contributed by atoms with Gasteiger partial charge in [-0.25, -0.2) is 26.8 Å². The zero-order chi connectivity index (χ0) is 19.7. The molecule has 1 saturated carbocycles. The number of piperidine rings is 1. The second kappa shape index (κ2) is 7.83. The standard InChI is InChI=1S/C20H28N4O3S/c1-22-20(25)24(17-8-4-2-5-9-17)19(21-22)16-12-14-23(15-13-16)28(26,27)18-10-6-3-7-11-18/h2,4-5,8-9,16,18H,3,6-7,10-15H2,1H3. The predicted octanol–water partition coefficient (Wildman–Crippen LogP) is 2.41. The number of aromatic nitrogens is 3. The molecule has 2 heterocycles. The molecule has 0 bridgehead atoms. The highest BCUT2D eigenvalue weighted by atomic mass is 32.2. The topological polar surface area (TPSA) is 77.2 Å². The van der Waals surface area contributed by atoms with Gasteiger partial charge in [0.1, 0.15) is 5.82 Å². The zero-order valence-electron chi connectivity index (χ0n) is 16.3. The minimum Gasteiger partial charge on any atom is -0.247 e. The third-order valence-electron chi connectivity index (χ3n) is 6.12. The van der Waals surface area contributed by atoms with Gasteiger partial charge in [0.15, 0.2) is 0 Å². The maximum Gasteiger partial charge on any atom is 0.350 e. The summed E-state index contributed by atoms with van der Waals surface area (Å²) in [4.78, 5) is 12.6. The molecule has 0 atom stereocenters. The van der Waals surface area contributed by atoms with Crippen LogP contribution in [0.25, 0.3) is 5.69 Å². The molecule has 4 rings (SSSR count). The van der Waals surface area contributed by atoms with Gasteiger partial charge in [0.25, 0.3) is 0 Å². The molecule has 28 heavy (non-hydrogen) atoms. The van der Waals surface area contributed by atoms with Crippen LogP contribution in [0.15, 0.2) is 35.1 Å². The Balaban J connectivity index is 1.53. The smallest absolute Gasteiger partial charge is 0.247 e. The molecule has 0 amide bonds. The molecule has 0 spiro atoms. The van der Waals surface area contributed by atoms with Crippen LogP contribution in [0.4, 0.5) is 0 Å². The molecule has 2 aliphatic rings. The predicted molar refractivity (Wildman–Crippen MR) is 108 cm³/mol. The second-order valence-electron chi connectivity index (χ2n) is 7.91. The van der Waals surface area contributed by atoms with Gasteiger partial charge in [-0.1, -0.05) is 37.5 Å². The van der Waals surface area contributed by atoms with Crippen LogP contribution >= 0.6 is 0 Å². The normalized spacial score (nSPS) is 20.5. The van der Waals surface area contributed by atoms with Crippen molar-refractivity contribution in [2.24, 2.45) is 7.05 Å². The summed E-state index contributed by atoms with van der Waals surface area (Å²) < 4.78 is 30.7. The van der Waals surface area contributed by atoms with Crippen LogP contribution in [0.2, 0.25) is 0 Å². The van der Waals surface area contributed by atoms with Crippen LogP contribution < -0.4 is 5.69 Å². The molecule has 7 nitrogen and oxygen atoms in total. The quantitative estimate of drug-likeness (QED) is 0.784. The Kier molecular flexibility index (Phi) is 5.42. The van der Waals surface area contributed by atoms with Crippen molar-refractivity contribution in [2.75, 3.05) is 13.1 Å². The molecule has 152 valence electrons. The number of benzene rings is 1. The molecule has 2 aromatic rings. The minimum absolute atomic E-state index is 0.0758. The van der Waals surface area contributed by atoms with E-state index in [1.807, 2.05) is 30.3 Å². The van der Waals surface area contributed by atoms with E-state index < -0.39 is 10.0 Å². The fourth-order valence-electron chi connectivity index (χ4n) is 4.51. The maximum atomic E-state index is 13.0. The highest BCUT2D eigenvalue weighted by Crippen LogP contribution is 2.32. The average Bonchev–Trinajstić information content (AvgIpc) is 3.04. The first-order valence-electron chi connectivity index (χ1n) is 10.2. The van der Waals surface area contributed by atoms with Gasteiger partial charge in [0, 0.05) is 26.1 Å². The summed E-state index contributed by atoms with van der Waals surface area (Å²) >= 11 is 0. The van der Waals surface area contributed by atoms with Crippen LogP contribution in [-0.4, -0.2) is 45.4 Å². The van der Waals surface area contributed by atoms with E-state index in [0.29, 0.717) is 25.9 Å². The first-order valence-corrected chi connectivity index (χ1v) is 11.7. The highest BCUT2D eigenvalue weighted by Gasteiger charge is 2.36. The Morgan fingerprint density at radius 2 is 1.61 bits per heavy atom. The molecule has 2 fully saturated rings. The van der Waals surface area contributed by atoms with Crippen LogP contribution in [-0.2, 0) is 17.1 Å². The summed E-state index contributed by atoms with van der Waals surface area (Å²) in [6.45, 7) is 1.01. The lowest BCUT2D eigenvalue weighted by molar-refractivity contribution is 0.304. The molecular formula is C20H28N4O3S. The molecule has 1 aliphatic heterocycles. The summed E-state index contributed by atoms with van der Waals surface area (Å²) in [5.74, 6) is 0.806. The van der Waals surface area contributed by atoms with Crippen molar-refractivity contribution in [3.8, 4) is 5.69 Å². The van der Waals surface area contributed by atoms with Gasteiger partial charge in [-0.15, -0.1) is 0 Å².